The quantitative estimate of drug-likeness (QED) is 0.0680. The Labute approximate surface area is 273 Å². The lowest BCUT2D eigenvalue weighted by atomic mass is 10.1. The monoisotopic (exact) mass is 639 g/mol. The van der Waals surface area contributed by atoms with Crippen molar-refractivity contribution in [1.29, 1.82) is 0 Å². The largest absolute Gasteiger partial charge is 0.463 e. The highest BCUT2D eigenvalue weighted by molar-refractivity contribution is 6.99. The zero-order valence-electron chi connectivity index (χ0n) is 26.4. The molecule has 0 aliphatic heterocycles. The van der Waals surface area contributed by atoms with Gasteiger partial charge in [0.05, 0.1) is 19.3 Å². The van der Waals surface area contributed by atoms with Crippen LogP contribution in [0.15, 0.2) is 133 Å². The van der Waals surface area contributed by atoms with Crippen LogP contribution in [0.1, 0.15) is 44.2 Å². The predicted molar refractivity (Wildman–Crippen MR) is 185 cm³/mol. The Bertz CT molecular complexity index is 1490. The van der Waals surface area contributed by atoms with Gasteiger partial charge in [-0.15, -0.1) is 11.6 Å². The highest BCUT2D eigenvalue weighted by Crippen LogP contribution is 2.37. The van der Waals surface area contributed by atoms with Crippen molar-refractivity contribution >= 4 is 42.2 Å². The van der Waals surface area contributed by atoms with Crippen molar-refractivity contribution in [2.75, 3.05) is 13.2 Å². The molecule has 0 aliphatic carbocycles. The van der Waals surface area contributed by atoms with Crippen molar-refractivity contribution in [3.05, 3.63) is 145 Å². The maximum atomic E-state index is 14.3. The number of rotatable bonds is 13. The molecule has 5 nitrogen and oxygen atoms in total. The first-order valence-electron chi connectivity index (χ1n) is 15.3. The smallest absolute Gasteiger partial charge is 0.330 e. The molecule has 45 heavy (non-hydrogen) atoms. The van der Waals surface area contributed by atoms with Crippen LogP contribution in [-0.4, -0.2) is 44.3 Å². The Morgan fingerprint density at radius 3 is 1.78 bits per heavy atom. The molecule has 0 fully saturated rings. The fourth-order valence-corrected chi connectivity index (χ4v) is 10.5. The van der Waals surface area contributed by atoms with E-state index in [9.17, 15) is 9.59 Å². The van der Waals surface area contributed by atoms with E-state index < -0.39 is 25.7 Å². The Morgan fingerprint density at radius 2 is 1.29 bits per heavy atom. The molecule has 2 unspecified atom stereocenters. The first-order valence-corrected chi connectivity index (χ1v) is 17.6. The van der Waals surface area contributed by atoms with Crippen molar-refractivity contribution < 1.29 is 18.8 Å². The van der Waals surface area contributed by atoms with Gasteiger partial charge < -0.3 is 14.1 Å². The summed E-state index contributed by atoms with van der Waals surface area (Å²) in [7, 11) is -2.97. The summed E-state index contributed by atoms with van der Waals surface area (Å²) >= 11 is 6.89. The second-order valence-electron chi connectivity index (χ2n) is 11.9. The first-order chi connectivity index (χ1) is 21.7. The average molecular weight is 640 g/mol. The number of ether oxygens (including phenoxy) is 1. The zero-order chi connectivity index (χ0) is 32.3. The van der Waals surface area contributed by atoms with E-state index in [4.69, 9.17) is 20.8 Å². The van der Waals surface area contributed by atoms with E-state index in [1.54, 1.807) is 17.9 Å². The molecule has 0 aromatic heterocycles. The van der Waals surface area contributed by atoms with Crippen LogP contribution in [-0.2, 0) is 25.3 Å². The minimum absolute atomic E-state index is 0.139. The molecular weight excluding hydrogens is 598 g/mol. The van der Waals surface area contributed by atoms with E-state index in [1.807, 2.05) is 97.1 Å². The Kier molecular flexibility index (Phi) is 11.9. The molecule has 0 radical (unpaired) electrons. The molecule has 7 heteroatoms. The lowest BCUT2D eigenvalue weighted by Crippen LogP contribution is -2.67. The first kappa shape index (κ1) is 33.9. The van der Waals surface area contributed by atoms with Gasteiger partial charge in [-0.1, -0.05) is 148 Å². The van der Waals surface area contributed by atoms with Gasteiger partial charge in [0.1, 0.15) is 5.38 Å². The lowest BCUT2D eigenvalue weighted by molar-refractivity contribution is -0.137. The highest BCUT2D eigenvalue weighted by atomic mass is 35.5. The van der Waals surface area contributed by atoms with Crippen LogP contribution in [0.4, 0.5) is 0 Å². The maximum absolute atomic E-state index is 14.3. The molecule has 234 valence electrons. The molecule has 0 heterocycles. The van der Waals surface area contributed by atoms with Crippen molar-refractivity contribution in [2.24, 2.45) is 0 Å². The van der Waals surface area contributed by atoms with Crippen LogP contribution in [0.25, 0.3) is 0 Å². The molecule has 4 aromatic rings. The van der Waals surface area contributed by atoms with Gasteiger partial charge in [-0.25, -0.2) is 4.79 Å². The Hall–Kier alpha value is -3.97. The van der Waals surface area contributed by atoms with Crippen LogP contribution in [0, 0.1) is 0 Å². The highest BCUT2D eigenvalue weighted by Gasteiger charge is 2.50. The van der Waals surface area contributed by atoms with E-state index >= 15 is 0 Å². The minimum atomic E-state index is -2.97. The van der Waals surface area contributed by atoms with E-state index in [0.29, 0.717) is 5.56 Å². The third kappa shape index (κ3) is 8.40. The van der Waals surface area contributed by atoms with Crippen LogP contribution >= 0.6 is 11.6 Å². The number of hydrogen-bond donors (Lipinski definition) is 0. The van der Waals surface area contributed by atoms with E-state index in [2.05, 4.69) is 45.0 Å². The van der Waals surface area contributed by atoms with Gasteiger partial charge in [0, 0.05) is 12.6 Å². The van der Waals surface area contributed by atoms with Crippen LogP contribution in [0.2, 0.25) is 5.04 Å². The van der Waals surface area contributed by atoms with E-state index in [-0.39, 0.29) is 30.7 Å². The third-order valence-electron chi connectivity index (χ3n) is 7.82. The number of hydrogen-bond acceptors (Lipinski definition) is 4. The molecule has 0 bridgehead atoms. The van der Waals surface area contributed by atoms with Crippen molar-refractivity contribution in [3.8, 4) is 0 Å². The van der Waals surface area contributed by atoms with Gasteiger partial charge >= 0.3 is 5.97 Å². The van der Waals surface area contributed by atoms with Crippen LogP contribution in [0.3, 0.4) is 0 Å². The number of nitrogens with zero attached hydrogens (tertiary/aromatic N) is 1. The van der Waals surface area contributed by atoms with Gasteiger partial charge in [-0.3, -0.25) is 4.79 Å². The third-order valence-corrected chi connectivity index (χ3v) is 13.3. The molecule has 0 saturated carbocycles. The number of alkyl halides is 1. The molecule has 0 N–H and O–H groups in total. The zero-order valence-corrected chi connectivity index (χ0v) is 28.2. The fraction of sp³-hybridized carbons (Fsp3) is 0.263. The summed E-state index contributed by atoms with van der Waals surface area (Å²) in [6.45, 7) is 9.05. The number of benzene rings is 4. The second-order valence-corrected chi connectivity index (χ2v) is 16.6. The maximum Gasteiger partial charge on any atom is 0.330 e. The topological polar surface area (TPSA) is 55.8 Å². The van der Waals surface area contributed by atoms with Crippen LogP contribution in [0.5, 0.6) is 0 Å². The molecule has 2 atom stereocenters. The van der Waals surface area contributed by atoms with Gasteiger partial charge in [0.25, 0.3) is 8.32 Å². The molecule has 4 rings (SSSR count). The molecule has 0 aliphatic rings. The number of halogens is 1. The number of amides is 1. The van der Waals surface area contributed by atoms with Crippen molar-refractivity contribution in [3.63, 3.8) is 0 Å². The Morgan fingerprint density at radius 1 is 0.800 bits per heavy atom. The van der Waals surface area contributed by atoms with Gasteiger partial charge in [-0.2, -0.15) is 0 Å². The summed E-state index contributed by atoms with van der Waals surface area (Å²) in [5.74, 6) is -0.762. The number of esters is 1. The molecule has 0 saturated heterocycles. The summed E-state index contributed by atoms with van der Waals surface area (Å²) in [4.78, 5) is 28.6. The fourth-order valence-electron chi connectivity index (χ4n) is 5.65. The van der Waals surface area contributed by atoms with Crippen LogP contribution < -0.4 is 10.4 Å². The van der Waals surface area contributed by atoms with Crippen molar-refractivity contribution in [1.82, 2.24) is 4.90 Å². The Balaban J connectivity index is 1.83. The second kappa shape index (κ2) is 15.8. The SMILES string of the molecule is CCOC(=O)/C=C/C(CO[Si](c1ccccc1)(c1ccccc1)C(C)(C)C)N(Cc1ccccc1)C(=O)C(Cl)c1ccccc1. The normalized spacial score (nSPS) is 13.3. The number of carbonyl (C=O) groups excluding carboxylic acids is 2. The predicted octanol–water partition coefficient (Wildman–Crippen LogP) is 7.06. The van der Waals surface area contributed by atoms with Gasteiger partial charge in [0.15, 0.2) is 0 Å². The number of carbonyl (C=O) groups is 2. The lowest BCUT2D eigenvalue weighted by Gasteiger charge is -2.44. The van der Waals surface area contributed by atoms with Crippen molar-refractivity contribution in [2.45, 2.75) is 50.7 Å². The van der Waals surface area contributed by atoms with E-state index in [1.165, 1.54) is 6.08 Å². The van der Waals surface area contributed by atoms with E-state index in [0.717, 1.165) is 15.9 Å². The standard InChI is InChI=1S/C38H42ClNO4Si/c1-5-43-35(41)27-26-32(40(28-30-18-10-6-11-19-30)37(42)36(39)31-20-12-7-13-21-31)29-44-45(38(2,3)4,33-22-14-8-15-23-33)34-24-16-9-17-25-34/h6-27,32,36H,5,28-29H2,1-4H3/b27-26+. The summed E-state index contributed by atoms with van der Waals surface area (Å²) in [5, 5.41) is 1.04. The minimum Gasteiger partial charge on any atom is -0.463 e. The summed E-state index contributed by atoms with van der Waals surface area (Å²) in [5.41, 5.74) is 1.63. The molecular formula is C38H42ClNO4Si. The molecule has 0 spiro atoms. The van der Waals surface area contributed by atoms with Gasteiger partial charge in [-0.05, 0) is 33.5 Å². The molecule has 1 amide bonds. The average Bonchev–Trinajstić information content (AvgIpc) is 3.06. The summed E-state index contributed by atoms with van der Waals surface area (Å²) in [6.07, 6.45) is 3.10. The molecule has 4 aromatic carbocycles. The van der Waals surface area contributed by atoms with Gasteiger partial charge in [0.2, 0.25) is 5.91 Å². The summed E-state index contributed by atoms with van der Waals surface area (Å²) in [6, 6.07) is 39.1. The summed E-state index contributed by atoms with van der Waals surface area (Å²) < 4.78 is 12.5.